The zero-order chi connectivity index (χ0) is 13.0. The van der Waals surface area contributed by atoms with Crippen molar-refractivity contribution >= 4 is 0 Å². The maximum absolute atomic E-state index is 11.6. The molecule has 0 radical (unpaired) electrons. The third-order valence-electron chi connectivity index (χ3n) is 2.85. The van der Waals surface area contributed by atoms with Crippen LogP contribution < -0.4 is 16.9 Å². The van der Waals surface area contributed by atoms with Crippen LogP contribution in [0.2, 0.25) is 0 Å². The van der Waals surface area contributed by atoms with E-state index in [-0.39, 0.29) is 17.0 Å². The van der Waals surface area contributed by atoms with Crippen molar-refractivity contribution in [1.29, 1.82) is 0 Å². The molecule has 2 rings (SSSR count). The van der Waals surface area contributed by atoms with E-state index in [0.717, 1.165) is 5.56 Å². The molecule has 0 spiro atoms. The highest BCUT2D eigenvalue weighted by molar-refractivity contribution is 5.19. The van der Waals surface area contributed by atoms with Gasteiger partial charge in [0, 0.05) is 24.6 Å². The second-order valence-corrected chi connectivity index (χ2v) is 4.10. The molecule has 5 heteroatoms. The van der Waals surface area contributed by atoms with Crippen LogP contribution >= 0.6 is 0 Å². The second kappa shape index (κ2) is 5.46. The van der Waals surface area contributed by atoms with Crippen molar-refractivity contribution < 1.29 is 0 Å². The van der Waals surface area contributed by atoms with E-state index in [1.165, 1.54) is 16.8 Å². The maximum Gasteiger partial charge on any atom is 0.265 e. The molecular weight excluding hydrogens is 230 g/mol. The molecule has 0 bridgehead atoms. The summed E-state index contributed by atoms with van der Waals surface area (Å²) in [6.07, 6.45) is 0. The Morgan fingerprint density at radius 1 is 1.11 bits per heavy atom. The Kier molecular flexibility index (Phi) is 3.74. The smallest absolute Gasteiger partial charge is 0.265 e. The van der Waals surface area contributed by atoms with Gasteiger partial charge in [0.2, 0.25) is 0 Å². The standard InChI is InChI=1S/C13H15N3O2/c14-8-11(10-4-2-1-3-5-10)9-16-13(18)7-6-12(17)15-16/h1-7,11H,8-9,14H2,(H,15,17). The van der Waals surface area contributed by atoms with Gasteiger partial charge in [0.05, 0.1) is 6.54 Å². The fourth-order valence-electron chi connectivity index (χ4n) is 1.86. The van der Waals surface area contributed by atoms with E-state index >= 15 is 0 Å². The van der Waals surface area contributed by atoms with Gasteiger partial charge in [0.1, 0.15) is 0 Å². The molecule has 0 aliphatic carbocycles. The minimum atomic E-state index is -0.293. The van der Waals surface area contributed by atoms with E-state index < -0.39 is 0 Å². The molecular formula is C13H15N3O2. The number of aromatic nitrogens is 2. The maximum atomic E-state index is 11.6. The SMILES string of the molecule is NCC(Cn1[nH]c(=O)ccc1=O)c1ccccc1. The van der Waals surface area contributed by atoms with Gasteiger partial charge in [-0.3, -0.25) is 14.7 Å². The second-order valence-electron chi connectivity index (χ2n) is 4.10. The van der Waals surface area contributed by atoms with Crippen molar-refractivity contribution in [3.05, 3.63) is 68.7 Å². The number of nitrogens with two attached hydrogens (primary N) is 1. The van der Waals surface area contributed by atoms with E-state index in [0.29, 0.717) is 13.1 Å². The molecule has 5 nitrogen and oxygen atoms in total. The highest BCUT2D eigenvalue weighted by Crippen LogP contribution is 2.14. The summed E-state index contributed by atoms with van der Waals surface area (Å²) in [5.41, 5.74) is 6.26. The van der Waals surface area contributed by atoms with Crippen LogP contribution in [0.15, 0.2) is 52.1 Å². The Bertz CT molecular complexity index is 616. The van der Waals surface area contributed by atoms with E-state index in [4.69, 9.17) is 5.73 Å². The largest absolute Gasteiger partial charge is 0.330 e. The molecule has 0 aliphatic rings. The number of H-pyrrole nitrogens is 1. The number of benzene rings is 1. The molecule has 1 unspecified atom stereocenters. The van der Waals surface area contributed by atoms with Crippen LogP contribution in [0, 0.1) is 0 Å². The molecule has 0 saturated carbocycles. The molecule has 18 heavy (non-hydrogen) atoms. The number of hydrogen-bond donors (Lipinski definition) is 2. The molecule has 3 N–H and O–H groups in total. The zero-order valence-corrected chi connectivity index (χ0v) is 9.87. The van der Waals surface area contributed by atoms with Gasteiger partial charge < -0.3 is 5.73 Å². The molecule has 2 aromatic rings. The molecule has 0 saturated heterocycles. The van der Waals surface area contributed by atoms with Gasteiger partial charge in [-0.1, -0.05) is 30.3 Å². The van der Waals surface area contributed by atoms with Gasteiger partial charge in [0.15, 0.2) is 0 Å². The Labute approximate surface area is 104 Å². The number of rotatable bonds is 4. The van der Waals surface area contributed by atoms with Crippen LogP contribution in [-0.2, 0) is 6.54 Å². The third kappa shape index (κ3) is 2.75. The summed E-state index contributed by atoms with van der Waals surface area (Å²) in [6.45, 7) is 0.781. The van der Waals surface area contributed by atoms with Crippen LogP contribution in [0.5, 0.6) is 0 Å². The van der Waals surface area contributed by atoms with Crippen LogP contribution in [0.1, 0.15) is 11.5 Å². The van der Waals surface area contributed by atoms with Crippen molar-refractivity contribution in [1.82, 2.24) is 9.78 Å². The van der Waals surface area contributed by atoms with Gasteiger partial charge >= 0.3 is 0 Å². The number of aromatic amines is 1. The third-order valence-corrected chi connectivity index (χ3v) is 2.85. The van der Waals surface area contributed by atoms with Crippen molar-refractivity contribution in [3.63, 3.8) is 0 Å². The van der Waals surface area contributed by atoms with Crippen LogP contribution in [0.25, 0.3) is 0 Å². The average molecular weight is 245 g/mol. The minimum Gasteiger partial charge on any atom is -0.330 e. The Hall–Kier alpha value is -2.14. The van der Waals surface area contributed by atoms with Gasteiger partial charge in [-0.2, -0.15) is 0 Å². The van der Waals surface area contributed by atoms with Crippen molar-refractivity contribution in [2.24, 2.45) is 5.73 Å². The molecule has 0 fully saturated rings. The summed E-state index contributed by atoms with van der Waals surface area (Å²) in [5, 5.41) is 2.50. The summed E-state index contributed by atoms with van der Waals surface area (Å²) in [6, 6.07) is 12.2. The Morgan fingerprint density at radius 3 is 2.50 bits per heavy atom. The van der Waals surface area contributed by atoms with Crippen molar-refractivity contribution in [2.45, 2.75) is 12.5 Å². The molecule has 1 atom stereocenters. The van der Waals surface area contributed by atoms with E-state index in [1.54, 1.807) is 0 Å². The summed E-state index contributed by atoms with van der Waals surface area (Å²) < 4.78 is 1.30. The molecule has 1 heterocycles. The van der Waals surface area contributed by atoms with Gasteiger partial charge in [-0.15, -0.1) is 0 Å². The Morgan fingerprint density at radius 2 is 1.83 bits per heavy atom. The van der Waals surface area contributed by atoms with E-state index in [9.17, 15) is 9.59 Å². The number of nitrogens with zero attached hydrogens (tertiary/aromatic N) is 1. The van der Waals surface area contributed by atoms with E-state index in [1.807, 2.05) is 30.3 Å². The van der Waals surface area contributed by atoms with Gasteiger partial charge in [-0.05, 0) is 5.56 Å². The molecule has 0 aliphatic heterocycles. The fourth-order valence-corrected chi connectivity index (χ4v) is 1.86. The molecule has 1 aromatic carbocycles. The normalized spacial score (nSPS) is 12.3. The lowest BCUT2D eigenvalue weighted by Crippen LogP contribution is -2.31. The fraction of sp³-hybridized carbons (Fsp3) is 0.231. The van der Waals surface area contributed by atoms with E-state index in [2.05, 4.69) is 5.10 Å². The lowest BCUT2D eigenvalue weighted by Gasteiger charge is -2.16. The van der Waals surface area contributed by atoms with Gasteiger partial charge in [0.25, 0.3) is 11.1 Å². The summed E-state index contributed by atoms with van der Waals surface area (Å²) in [7, 11) is 0. The first-order valence-corrected chi connectivity index (χ1v) is 5.76. The first-order chi connectivity index (χ1) is 8.70. The van der Waals surface area contributed by atoms with Crippen LogP contribution in [0.4, 0.5) is 0 Å². The lowest BCUT2D eigenvalue weighted by molar-refractivity contribution is 0.493. The average Bonchev–Trinajstić information content (AvgIpc) is 2.41. The monoisotopic (exact) mass is 245 g/mol. The predicted octanol–water partition coefficient (Wildman–Crippen LogP) is 0.279. The van der Waals surface area contributed by atoms with Crippen LogP contribution in [-0.4, -0.2) is 16.3 Å². The lowest BCUT2D eigenvalue weighted by atomic mass is 9.99. The highest BCUT2D eigenvalue weighted by Gasteiger charge is 2.11. The quantitative estimate of drug-likeness (QED) is 0.811. The topological polar surface area (TPSA) is 80.9 Å². The van der Waals surface area contributed by atoms with Crippen molar-refractivity contribution in [2.75, 3.05) is 6.54 Å². The number of nitrogens with one attached hydrogen (secondary N) is 1. The first kappa shape index (κ1) is 12.3. The highest BCUT2D eigenvalue weighted by atomic mass is 16.1. The zero-order valence-electron chi connectivity index (χ0n) is 9.87. The minimum absolute atomic E-state index is 0.00181. The van der Waals surface area contributed by atoms with Crippen LogP contribution in [0.3, 0.4) is 0 Å². The predicted molar refractivity (Wildman–Crippen MR) is 69.6 cm³/mol. The summed E-state index contributed by atoms with van der Waals surface area (Å²) in [4.78, 5) is 22.8. The first-order valence-electron chi connectivity index (χ1n) is 5.76. The number of hydrogen-bond acceptors (Lipinski definition) is 3. The summed E-state index contributed by atoms with van der Waals surface area (Å²) in [5.74, 6) is 0.00181. The molecule has 1 aromatic heterocycles. The molecule has 0 amide bonds. The summed E-state index contributed by atoms with van der Waals surface area (Å²) >= 11 is 0. The van der Waals surface area contributed by atoms with Gasteiger partial charge in [-0.25, -0.2) is 4.68 Å². The Balaban J connectivity index is 2.29. The van der Waals surface area contributed by atoms with Crippen molar-refractivity contribution in [3.8, 4) is 0 Å². The molecule has 94 valence electrons.